The highest BCUT2D eigenvalue weighted by molar-refractivity contribution is 5.78. The Morgan fingerprint density at radius 3 is 2.71 bits per heavy atom. The summed E-state index contributed by atoms with van der Waals surface area (Å²) in [5.41, 5.74) is 0.0143. The van der Waals surface area contributed by atoms with Crippen molar-refractivity contribution >= 4 is 5.91 Å². The molecule has 0 aromatic carbocycles. The second kappa shape index (κ2) is 5.32. The molecule has 1 aliphatic rings. The Labute approximate surface area is 85.1 Å². The van der Waals surface area contributed by atoms with Crippen molar-refractivity contribution in [2.75, 3.05) is 26.2 Å². The Hall–Kier alpha value is -0.610. The van der Waals surface area contributed by atoms with Gasteiger partial charge < -0.3 is 15.7 Å². The normalized spacial score (nSPS) is 17.9. The van der Waals surface area contributed by atoms with E-state index in [9.17, 15) is 4.79 Å². The van der Waals surface area contributed by atoms with Crippen LogP contribution >= 0.6 is 0 Å². The number of hydrogen-bond donors (Lipinski definition) is 3. The van der Waals surface area contributed by atoms with E-state index in [-0.39, 0.29) is 17.9 Å². The van der Waals surface area contributed by atoms with Gasteiger partial charge >= 0.3 is 0 Å². The molecule has 82 valence electrons. The van der Waals surface area contributed by atoms with Crippen LogP contribution in [0.5, 0.6) is 0 Å². The highest BCUT2D eigenvalue weighted by atomic mass is 16.3. The molecule has 0 unspecified atom stereocenters. The fourth-order valence-corrected chi connectivity index (χ4v) is 1.29. The SMILES string of the molecule is CCCNCC(=O)NCC1(CO)CC1. The van der Waals surface area contributed by atoms with Crippen molar-refractivity contribution in [3.05, 3.63) is 0 Å². The summed E-state index contributed by atoms with van der Waals surface area (Å²) in [7, 11) is 0. The second-order valence-corrected chi connectivity index (χ2v) is 4.11. The van der Waals surface area contributed by atoms with Crippen molar-refractivity contribution < 1.29 is 9.90 Å². The quantitative estimate of drug-likeness (QED) is 0.502. The van der Waals surface area contributed by atoms with Crippen LogP contribution in [0.3, 0.4) is 0 Å². The summed E-state index contributed by atoms with van der Waals surface area (Å²) < 4.78 is 0. The van der Waals surface area contributed by atoms with E-state index in [1.807, 2.05) is 0 Å². The van der Waals surface area contributed by atoms with Gasteiger partial charge in [0.25, 0.3) is 0 Å². The van der Waals surface area contributed by atoms with Gasteiger partial charge in [-0.15, -0.1) is 0 Å². The third-order valence-corrected chi connectivity index (χ3v) is 2.67. The average Bonchev–Trinajstić information content (AvgIpc) is 2.96. The lowest BCUT2D eigenvalue weighted by Crippen LogP contribution is -2.38. The summed E-state index contributed by atoms with van der Waals surface area (Å²) in [4.78, 5) is 11.3. The van der Waals surface area contributed by atoms with E-state index in [1.165, 1.54) is 0 Å². The smallest absolute Gasteiger partial charge is 0.233 e. The first kappa shape index (κ1) is 11.5. The molecule has 0 atom stereocenters. The van der Waals surface area contributed by atoms with E-state index in [0.29, 0.717) is 13.1 Å². The van der Waals surface area contributed by atoms with Crippen molar-refractivity contribution in [3.63, 3.8) is 0 Å². The third kappa shape index (κ3) is 3.64. The molecule has 4 heteroatoms. The summed E-state index contributed by atoms with van der Waals surface area (Å²) in [5.74, 6) is 0.0261. The maximum absolute atomic E-state index is 11.3. The van der Waals surface area contributed by atoms with Crippen molar-refractivity contribution in [2.45, 2.75) is 26.2 Å². The van der Waals surface area contributed by atoms with Gasteiger partial charge in [0.15, 0.2) is 0 Å². The van der Waals surface area contributed by atoms with Crippen LogP contribution in [-0.2, 0) is 4.79 Å². The highest BCUT2D eigenvalue weighted by Crippen LogP contribution is 2.44. The van der Waals surface area contributed by atoms with E-state index >= 15 is 0 Å². The molecular weight excluding hydrogens is 180 g/mol. The lowest BCUT2D eigenvalue weighted by Gasteiger charge is -2.12. The van der Waals surface area contributed by atoms with Gasteiger partial charge in [-0.1, -0.05) is 6.92 Å². The summed E-state index contributed by atoms with van der Waals surface area (Å²) in [6.07, 6.45) is 3.10. The number of hydrogen-bond acceptors (Lipinski definition) is 3. The third-order valence-electron chi connectivity index (χ3n) is 2.67. The largest absolute Gasteiger partial charge is 0.396 e. The molecule has 0 spiro atoms. The van der Waals surface area contributed by atoms with Crippen LogP contribution in [0.2, 0.25) is 0 Å². The van der Waals surface area contributed by atoms with Crippen LogP contribution < -0.4 is 10.6 Å². The van der Waals surface area contributed by atoms with Crippen LogP contribution in [0.25, 0.3) is 0 Å². The number of rotatable bonds is 7. The van der Waals surface area contributed by atoms with Crippen LogP contribution in [0.1, 0.15) is 26.2 Å². The maximum Gasteiger partial charge on any atom is 0.233 e. The first-order chi connectivity index (χ1) is 6.72. The molecule has 1 amide bonds. The fraction of sp³-hybridized carbons (Fsp3) is 0.900. The summed E-state index contributed by atoms with van der Waals surface area (Å²) >= 11 is 0. The van der Waals surface area contributed by atoms with Gasteiger partial charge in [0.05, 0.1) is 13.2 Å². The Balaban J connectivity index is 2.03. The van der Waals surface area contributed by atoms with Crippen LogP contribution in [0.4, 0.5) is 0 Å². The Morgan fingerprint density at radius 2 is 2.21 bits per heavy atom. The predicted molar refractivity (Wildman–Crippen MR) is 54.9 cm³/mol. The van der Waals surface area contributed by atoms with Crippen LogP contribution in [0, 0.1) is 5.41 Å². The number of aliphatic hydroxyl groups is 1. The van der Waals surface area contributed by atoms with Gasteiger partial charge in [0, 0.05) is 12.0 Å². The van der Waals surface area contributed by atoms with E-state index < -0.39 is 0 Å². The van der Waals surface area contributed by atoms with Crippen molar-refractivity contribution in [3.8, 4) is 0 Å². The van der Waals surface area contributed by atoms with Crippen molar-refractivity contribution in [2.24, 2.45) is 5.41 Å². The van der Waals surface area contributed by atoms with Gasteiger partial charge in [0.2, 0.25) is 5.91 Å². The molecule has 0 aliphatic heterocycles. The zero-order valence-corrected chi connectivity index (χ0v) is 8.81. The summed E-state index contributed by atoms with van der Waals surface area (Å²) in [6.45, 7) is 4.13. The highest BCUT2D eigenvalue weighted by Gasteiger charge is 2.41. The molecule has 1 aliphatic carbocycles. The molecule has 1 saturated carbocycles. The minimum Gasteiger partial charge on any atom is -0.396 e. The number of aliphatic hydroxyl groups excluding tert-OH is 1. The molecule has 3 N–H and O–H groups in total. The molecule has 4 nitrogen and oxygen atoms in total. The zero-order chi connectivity index (χ0) is 10.4. The van der Waals surface area contributed by atoms with Crippen molar-refractivity contribution in [1.29, 1.82) is 0 Å². The first-order valence-electron chi connectivity index (χ1n) is 5.31. The zero-order valence-electron chi connectivity index (χ0n) is 8.81. The van der Waals surface area contributed by atoms with Crippen molar-refractivity contribution in [1.82, 2.24) is 10.6 Å². The molecule has 1 fully saturated rings. The minimum atomic E-state index is 0.0143. The molecule has 14 heavy (non-hydrogen) atoms. The monoisotopic (exact) mass is 200 g/mol. The molecule has 0 bridgehead atoms. The van der Waals surface area contributed by atoms with Crippen LogP contribution in [-0.4, -0.2) is 37.3 Å². The predicted octanol–water partition coefficient (Wildman–Crippen LogP) is -0.125. The van der Waals surface area contributed by atoms with E-state index in [4.69, 9.17) is 5.11 Å². The summed E-state index contributed by atoms with van der Waals surface area (Å²) in [6, 6.07) is 0. The maximum atomic E-state index is 11.3. The Morgan fingerprint density at radius 1 is 1.50 bits per heavy atom. The minimum absolute atomic E-state index is 0.0143. The lowest BCUT2D eigenvalue weighted by atomic mass is 10.1. The van der Waals surface area contributed by atoms with Crippen LogP contribution in [0.15, 0.2) is 0 Å². The molecule has 0 heterocycles. The number of carbonyl (C=O) groups excluding carboxylic acids is 1. The number of nitrogens with one attached hydrogen (secondary N) is 2. The second-order valence-electron chi connectivity index (χ2n) is 4.11. The van der Waals surface area contributed by atoms with Gasteiger partial charge in [-0.3, -0.25) is 4.79 Å². The van der Waals surface area contributed by atoms with E-state index in [0.717, 1.165) is 25.8 Å². The molecule has 0 aromatic heterocycles. The molecule has 0 radical (unpaired) electrons. The van der Waals surface area contributed by atoms with Gasteiger partial charge in [-0.25, -0.2) is 0 Å². The summed E-state index contributed by atoms with van der Waals surface area (Å²) in [5, 5.41) is 14.9. The molecule has 0 saturated heterocycles. The fourth-order valence-electron chi connectivity index (χ4n) is 1.29. The lowest BCUT2D eigenvalue weighted by molar-refractivity contribution is -0.120. The first-order valence-corrected chi connectivity index (χ1v) is 5.31. The average molecular weight is 200 g/mol. The molecular formula is C10H20N2O2. The number of amides is 1. The van der Waals surface area contributed by atoms with E-state index in [2.05, 4.69) is 17.6 Å². The van der Waals surface area contributed by atoms with E-state index in [1.54, 1.807) is 0 Å². The Kier molecular flexibility index (Phi) is 4.35. The molecule has 0 aromatic rings. The Bertz CT molecular complexity index is 191. The number of carbonyl (C=O) groups is 1. The van der Waals surface area contributed by atoms with Gasteiger partial charge in [0.1, 0.15) is 0 Å². The topological polar surface area (TPSA) is 61.4 Å². The van der Waals surface area contributed by atoms with Gasteiger partial charge in [-0.2, -0.15) is 0 Å². The van der Waals surface area contributed by atoms with Gasteiger partial charge in [-0.05, 0) is 25.8 Å². The molecule has 1 rings (SSSR count). The standard InChI is InChI=1S/C10H20N2O2/c1-2-5-11-6-9(14)12-7-10(8-13)3-4-10/h11,13H,2-8H2,1H3,(H,12,14).